The van der Waals surface area contributed by atoms with Gasteiger partial charge in [0.1, 0.15) is 12.4 Å². The average Bonchev–Trinajstić information content (AvgIpc) is 2.87. The van der Waals surface area contributed by atoms with E-state index >= 15 is 0 Å². The van der Waals surface area contributed by atoms with Gasteiger partial charge in [0.2, 0.25) is 0 Å². The zero-order valence-electron chi connectivity index (χ0n) is 13.1. The molecular weight excluding hydrogens is 340 g/mol. The van der Waals surface area contributed by atoms with E-state index in [2.05, 4.69) is 0 Å². The maximum atomic E-state index is 13.0. The third kappa shape index (κ3) is 3.49. The van der Waals surface area contributed by atoms with Crippen molar-refractivity contribution in [3.63, 3.8) is 0 Å². The highest BCUT2D eigenvalue weighted by molar-refractivity contribution is 7.86. The monoisotopic (exact) mass is 360 g/mol. The summed E-state index contributed by atoms with van der Waals surface area (Å²) in [6.07, 6.45) is 1.69. The first-order chi connectivity index (χ1) is 11.0. The van der Waals surface area contributed by atoms with Crippen LogP contribution in [-0.4, -0.2) is 56.5 Å². The van der Waals surface area contributed by atoms with Crippen LogP contribution in [0.1, 0.15) is 18.4 Å². The van der Waals surface area contributed by atoms with Crippen LogP contribution in [0, 0.1) is 0 Å². The number of rotatable bonds is 4. The van der Waals surface area contributed by atoms with Crippen LogP contribution in [0.15, 0.2) is 18.2 Å². The van der Waals surface area contributed by atoms with Gasteiger partial charge in [-0.15, -0.1) is 0 Å². The number of hydrogen-bond acceptors (Lipinski definition) is 4. The topological polar surface area (TPSA) is 59.1 Å². The molecule has 8 heteroatoms. The van der Waals surface area contributed by atoms with Gasteiger partial charge in [-0.2, -0.15) is 17.0 Å². The first-order valence-corrected chi connectivity index (χ1v) is 9.47. The van der Waals surface area contributed by atoms with Gasteiger partial charge in [0.05, 0.1) is 6.61 Å². The quantitative estimate of drug-likeness (QED) is 0.822. The largest absolute Gasteiger partial charge is 0.492 e. The maximum Gasteiger partial charge on any atom is 0.282 e. The Morgan fingerprint density at radius 2 is 2.22 bits per heavy atom. The zero-order valence-corrected chi connectivity index (χ0v) is 14.6. The van der Waals surface area contributed by atoms with Crippen LogP contribution in [0.3, 0.4) is 0 Å². The number of benzene rings is 1. The van der Waals surface area contributed by atoms with Crippen LogP contribution in [-0.2, 0) is 21.5 Å². The summed E-state index contributed by atoms with van der Waals surface area (Å²) >= 11 is 6.03. The first kappa shape index (κ1) is 17.0. The fourth-order valence-electron chi connectivity index (χ4n) is 3.16. The summed E-state index contributed by atoms with van der Waals surface area (Å²) in [5.74, 6) is 0.696. The van der Waals surface area contributed by atoms with Crippen molar-refractivity contribution in [1.82, 2.24) is 8.61 Å². The third-order valence-corrected chi connectivity index (χ3v) is 6.55. The molecule has 6 nitrogen and oxygen atoms in total. The molecule has 23 heavy (non-hydrogen) atoms. The van der Waals surface area contributed by atoms with Crippen LogP contribution in [0.4, 0.5) is 0 Å². The number of ether oxygens (including phenoxy) is 2. The SMILES string of the molecule is COCC1CCCN1S(=O)(=O)N1CCOc2ccc(Cl)cc2C1. The molecular formula is C15H21ClN2O4S. The summed E-state index contributed by atoms with van der Waals surface area (Å²) < 4.78 is 39.9. The molecule has 1 unspecified atom stereocenters. The molecule has 0 amide bonds. The minimum absolute atomic E-state index is 0.0898. The van der Waals surface area contributed by atoms with Crippen molar-refractivity contribution in [1.29, 1.82) is 0 Å². The van der Waals surface area contributed by atoms with E-state index in [4.69, 9.17) is 21.1 Å². The molecule has 0 aliphatic carbocycles. The van der Waals surface area contributed by atoms with E-state index in [1.165, 1.54) is 4.31 Å². The Kier molecular flexibility index (Phi) is 5.13. The molecule has 0 bridgehead atoms. The lowest BCUT2D eigenvalue weighted by molar-refractivity contribution is 0.145. The normalized spacial score (nSPS) is 23.3. The maximum absolute atomic E-state index is 13.0. The van der Waals surface area contributed by atoms with E-state index in [0.717, 1.165) is 18.4 Å². The number of methoxy groups -OCH3 is 1. The van der Waals surface area contributed by atoms with Crippen LogP contribution in [0.25, 0.3) is 0 Å². The van der Waals surface area contributed by atoms with E-state index in [1.54, 1.807) is 29.6 Å². The highest BCUT2D eigenvalue weighted by Gasteiger charge is 2.38. The summed E-state index contributed by atoms with van der Waals surface area (Å²) in [5, 5.41) is 0.574. The Morgan fingerprint density at radius 3 is 3.00 bits per heavy atom. The van der Waals surface area contributed by atoms with Crippen molar-refractivity contribution in [2.45, 2.75) is 25.4 Å². The lowest BCUT2D eigenvalue weighted by atomic mass is 10.2. The second-order valence-corrected chi connectivity index (χ2v) is 8.12. The second-order valence-electron chi connectivity index (χ2n) is 5.80. The second kappa shape index (κ2) is 6.94. The summed E-state index contributed by atoms with van der Waals surface area (Å²) in [4.78, 5) is 0. The Bertz CT molecular complexity index is 667. The summed E-state index contributed by atoms with van der Waals surface area (Å²) in [6.45, 7) is 1.89. The van der Waals surface area contributed by atoms with Crippen molar-refractivity contribution in [2.24, 2.45) is 0 Å². The van der Waals surface area contributed by atoms with Crippen LogP contribution >= 0.6 is 11.6 Å². The van der Waals surface area contributed by atoms with Crippen LogP contribution in [0.2, 0.25) is 5.02 Å². The molecule has 1 fully saturated rings. The molecule has 3 rings (SSSR count). The Labute approximate surface area is 142 Å². The van der Waals surface area contributed by atoms with Crippen molar-refractivity contribution < 1.29 is 17.9 Å². The van der Waals surface area contributed by atoms with Crippen LogP contribution < -0.4 is 4.74 Å². The third-order valence-electron chi connectivity index (χ3n) is 4.27. The van der Waals surface area contributed by atoms with Gasteiger partial charge in [-0.25, -0.2) is 0 Å². The fraction of sp³-hybridized carbons (Fsp3) is 0.600. The van der Waals surface area contributed by atoms with Gasteiger partial charge >= 0.3 is 0 Å². The number of halogens is 1. The van der Waals surface area contributed by atoms with Crippen molar-refractivity contribution in [2.75, 3.05) is 33.4 Å². The van der Waals surface area contributed by atoms with Gasteiger partial charge in [-0.1, -0.05) is 11.6 Å². The number of hydrogen-bond donors (Lipinski definition) is 0. The molecule has 0 spiro atoms. The number of fused-ring (bicyclic) bond motifs is 1. The van der Waals surface area contributed by atoms with Gasteiger partial charge in [0, 0.05) is 43.4 Å². The highest BCUT2D eigenvalue weighted by atomic mass is 35.5. The molecule has 1 atom stereocenters. The summed E-state index contributed by atoms with van der Waals surface area (Å²) in [5.41, 5.74) is 0.793. The molecule has 1 saturated heterocycles. The molecule has 128 valence electrons. The van der Waals surface area contributed by atoms with Crippen LogP contribution in [0.5, 0.6) is 5.75 Å². The van der Waals surface area contributed by atoms with Gasteiger partial charge in [-0.05, 0) is 31.0 Å². The molecule has 1 aromatic rings. The Morgan fingerprint density at radius 1 is 1.39 bits per heavy atom. The minimum Gasteiger partial charge on any atom is -0.492 e. The van der Waals surface area contributed by atoms with E-state index in [1.807, 2.05) is 0 Å². The van der Waals surface area contributed by atoms with E-state index in [0.29, 0.717) is 37.1 Å². The van der Waals surface area contributed by atoms with Crippen molar-refractivity contribution in [3.05, 3.63) is 28.8 Å². The zero-order chi connectivity index (χ0) is 16.4. The van der Waals surface area contributed by atoms with E-state index < -0.39 is 10.2 Å². The molecule has 0 N–H and O–H groups in total. The van der Waals surface area contributed by atoms with E-state index in [-0.39, 0.29) is 12.6 Å². The Hall–Kier alpha value is -0.860. The molecule has 2 heterocycles. The summed E-state index contributed by atoms with van der Waals surface area (Å²) in [6, 6.07) is 5.21. The van der Waals surface area contributed by atoms with Crippen molar-refractivity contribution in [3.8, 4) is 5.75 Å². The summed E-state index contributed by atoms with van der Waals surface area (Å²) in [7, 11) is -1.95. The molecule has 0 aromatic heterocycles. The van der Waals surface area contributed by atoms with Gasteiger partial charge < -0.3 is 9.47 Å². The highest BCUT2D eigenvalue weighted by Crippen LogP contribution is 2.30. The average molecular weight is 361 g/mol. The van der Waals surface area contributed by atoms with E-state index in [9.17, 15) is 8.42 Å². The Balaban J connectivity index is 1.85. The molecule has 2 aliphatic rings. The predicted molar refractivity (Wildman–Crippen MR) is 87.9 cm³/mol. The predicted octanol–water partition coefficient (Wildman–Crippen LogP) is 1.89. The lowest BCUT2D eigenvalue weighted by Gasteiger charge is -2.29. The lowest BCUT2D eigenvalue weighted by Crippen LogP contribution is -2.47. The first-order valence-electron chi connectivity index (χ1n) is 7.69. The molecule has 0 saturated carbocycles. The fourth-order valence-corrected chi connectivity index (χ4v) is 5.16. The molecule has 0 radical (unpaired) electrons. The minimum atomic E-state index is -3.55. The molecule has 2 aliphatic heterocycles. The standard InChI is InChI=1S/C15H21ClN2O4S/c1-21-11-14-3-2-6-18(14)23(19,20)17-7-8-22-15-5-4-13(16)9-12(15)10-17/h4-5,9,14H,2-3,6-8,10-11H2,1H3. The molecule has 1 aromatic carbocycles. The number of nitrogens with zero attached hydrogens (tertiary/aromatic N) is 2. The smallest absolute Gasteiger partial charge is 0.282 e. The van der Waals surface area contributed by atoms with Gasteiger partial charge in [-0.3, -0.25) is 0 Å². The van der Waals surface area contributed by atoms with Crippen molar-refractivity contribution >= 4 is 21.8 Å². The van der Waals surface area contributed by atoms with Gasteiger partial charge in [0.15, 0.2) is 0 Å². The van der Waals surface area contributed by atoms with Gasteiger partial charge in [0.25, 0.3) is 10.2 Å².